The number of nitrogens with zero attached hydrogens (tertiary/aromatic N) is 1. The molecular weight excluding hydrogens is 367 g/mol. The summed E-state index contributed by atoms with van der Waals surface area (Å²) in [5, 5.41) is 2.63. The number of pyridine rings is 1. The minimum atomic E-state index is -0.586. The number of hydrogen-bond donors (Lipinski definition) is 1. The van der Waals surface area contributed by atoms with E-state index < -0.39 is 5.95 Å². The Labute approximate surface area is 120 Å². The minimum Gasteiger partial charge on any atom is -0.321 e. The number of carbonyl (C=O) groups is 1. The van der Waals surface area contributed by atoms with Crippen LogP contribution >= 0.6 is 31.9 Å². The molecule has 92 valence electrons. The van der Waals surface area contributed by atoms with Gasteiger partial charge in [0.1, 0.15) is 0 Å². The van der Waals surface area contributed by atoms with Gasteiger partial charge in [-0.25, -0.2) is 4.98 Å². The van der Waals surface area contributed by atoms with Crippen molar-refractivity contribution in [2.75, 3.05) is 5.32 Å². The van der Waals surface area contributed by atoms with E-state index in [-0.39, 0.29) is 5.91 Å². The maximum atomic E-state index is 12.6. The topological polar surface area (TPSA) is 42.0 Å². The zero-order valence-electron chi connectivity index (χ0n) is 8.95. The summed E-state index contributed by atoms with van der Waals surface area (Å²) < 4.78 is 14.1. The molecule has 1 heterocycles. The van der Waals surface area contributed by atoms with Crippen LogP contribution in [0.3, 0.4) is 0 Å². The summed E-state index contributed by atoms with van der Waals surface area (Å²) in [5.41, 5.74) is 0.918. The molecule has 1 aromatic carbocycles. The molecule has 0 saturated heterocycles. The van der Waals surface area contributed by atoms with Crippen LogP contribution in [0.4, 0.5) is 10.1 Å². The highest BCUT2D eigenvalue weighted by Gasteiger charge is 2.11. The maximum Gasteiger partial charge on any atom is 0.256 e. The Kier molecular flexibility index (Phi) is 4.08. The van der Waals surface area contributed by atoms with Crippen molar-refractivity contribution in [1.29, 1.82) is 0 Å². The minimum absolute atomic E-state index is 0.295. The number of halogens is 3. The Morgan fingerprint density at radius 1 is 1.22 bits per heavy atom. The van der Waals surface area contributed by atoms with Gasteiger partial charge in [0.15, 0.2) is 0 Å². The van der Waals surface area contributed by atoms with Crippen molar-refractivity contribution in [1.82, 2.24) is 4.98 Å². The first-order valence-corrected chi connectivity index (χ1v) is 6.53. The van der Waals surface area contributed by atoms with Crippen LogP contribution in [-0.4, -0.2) is 10.9 Å². The van der Waals surface area contributed by atoms with Gasteiger partial charge in [0.2, 0.25) is 5.95 Å². The van der Waals surface area contributed by atoms with E-state index in [0.29, 0.717) is 15.7 Å². The fraction of sp³-hybridized carbons (Fsp3) is 0. The molecule has 1 amide bonds. The molecule has 0 aliphatic rings. The van der Waals surface area contributed by atoms with Gasteiger partial charge in [0, 0.05) is 8.95 Å². The predicted octanol–water partition coefficient (Wildman–Crippen LogP) is 4.00. The van der Waals surface area contributed by atoms with Crippen LogP contribution < -0.4 is 5.32 Å². The Balaban J connectivity index is 2.21. The van der Waals surface area contributed by atoms with Crippen molar-refractivity contribution in [2.45, 2.75) is 0 Å². The molecule has 0 bridgehead atoms. The highest BCUT2D eigenvalue weighted by molar-refractivity contribution is 9.11. The summed E-state index contributed by atoms with van der Waals surface area (Å²) in [5.74, 6) is -0.881. The molecule has 1 N–H and O–H groups in total. The first kappa shape index (κ1) is 13.2. The molecule has 0 fully saturated rings. The van der Waals surface area contributed by atoms with Crippen molar-refractivity contribution < 1.29 is 9.18 Å². The molecule has 3 nitrogen and oxygen atoms in total. The molecule has 0 atom stereocenters. The highest BCUT2D eigenvalue weighted by atomic mass is 79.9. The number of amides is 1. The van der Waals surface area contributed by atoms with E-state index in [1.54, 1.807) is 12.1 Å². The number of carbonyl (C=O) groups excluding carboxylic acids is 1. The summed E-state index contributed by atoms with van der Waals surface area (Å²) in [6.07, 6.45) is 1.26. The summed E-state index contributed by atoms with van der Waals surface area (Å²) >= 11 is 6.60. The van der Waals surface area contributed by atoms with Gasteiger partial charge in [-0.1, -0.05) is 15.9 Å². The Morgan fingerprint density at radius 2 is 2.00 bits per heavy atom. The third-order valence-electron chi connectivity index (χ3n) is 2.16. The summed E-state index contributed by atoms with van der Waals surface area (Å²) in [4.78, 5) is 15.5. The van der Waals surface area contributed by atoms with E-state index in [2.05, 4.69) is 42.2 Å². The average molecular weight is 374 g/mol. The van der Waals surface area contributed by atoms with Gasteiger partial charge in [-0.15, -0.1) is 0 Å². The molecule has 0 unspecified atom stereocenters. The van der Waals surface area contributed by atoms with Crippen molar-refractivity contribution in [2.24, 2.45) is 0 Å². The standard InChI is InChI=1S/C12H7Br2FN2O/c13-7-1-3-10(14)9(5-7)12(18)17-8-2-4-11(15)16-6-8/h1-6H,(H,17,18). The molecular formula is C12H7Br2FN2O. The highest BCUT2D eigenvalue weighted by Crippen LogP contribution is 2.22. The fourth-order valence-corrected chi connectivity index (χ4v) is 2.11. The van der Waals surface area contributed by atoms with E-state index in [1.165, 1.54) is 18.3 Å². The summed E-state index contributed by atoms with van der Waals surface area (Å²) in [6.45, 7) is 0. The molecule has 0 saturated carbocycles. The summed E-state index contributed by atoms with van der Waals surface area (Å²) in [7, 11) is 0. The van der Waals surface area contributed by atoms with Crippen molar-refractivity contribution in [3.05, 3.63) is 57.0 Å². The molecule has 2 rings (SSSR count). The van der Waals surface area contributed by atoms with Gasteiger partial charge in [0.25, 0.3) is 5.91 Å². The molecule has 1 aromatic heterocycles. The fourth-order valence-electron chi connectivity index (χ4n) is 1.32. The lowest BCUT2D eigenvalue weighted by atomic mass is 10.2. The number of hydrogen-bond acceptors (Lipinski definition) is 2. The van der Waals surface area contributed by atoms with Crippen LogP contribution in [0.5, 0.6) is 0 Å². The number of anilines is 1. The molecule has 0 spiro atoms. The quantitative estimate of drug-likeness (QED) is 0.808. The first-order chi connectivity index (χ1) is 8.56. The Morgan fingerprint density at radius 3 is 2.67 bits per heavy atom. The van der Waals surface area contributed by atoms with Gasteiger partial charge in [-0.3, -0.25) is 4.79 Å². The van der Waals surface area contributed by atoms with E-state index >= 15 is 0 Å². The maximum absolute atomic E-state index is 12.6. The van der Waals surface area contributed by atoms with Gasteiger partial charge < -0.3 is 5.32 Å². The first-order valence-electron chi connectivity index (χ1n) is 4.94. The number of nitrogens with one attached hydrogen (secondary N) is 1. The predicted molar refractivity (Wildman–Crippen MR) is 74.0 cm³/mol. The van der Waals surface area contributed by atoms with Gasteiger partial charge in [-0.05, 0) is 46.3 Å². The van der Waals surface area contributed by atoms with Gasteiger partial charge in [-0.2, -0.15) is 4.39 Å². The lowest BCUT2D eigenvalue weighted by molar-refractivity contribution is 0.102. The van der Waals surface area contributed by atoms with E-state index in [0.717, 1.165) is 4.47 Å². The van der Waals surface area contributed by atoms with Gasteiger partial charge in [0.05, 0.1) is 17.4 Å². The Bertz CT molecular complexity index is 587. The number of aromatic nitrogens is 1. The molecule has 6 heteroatoms. The largest absolute Gasteiger partial charge is 0.321 e. The zero-order valence-corrected chi connectivity index (χ0v) is 12.1. The SMILES string of the molecule is O=C(Nc1ccc(F)nc1)c1cc(Br)ccc1Br. The average Bonchev–Trinajstić information content (AvgIpc) is 2.35. The third kappa shape index (κ3) is 3.14. The molecule has 18 heavy (non-hydrogen) atoms. The second-order valence-corrected chi connectivity index (χ2v) is 5.22. The summed E-state index contributed by atoms with van der Waals surface area (Å²) in [6, 6.07) is 7.91. The lowest BCUT2D eigenvalue weighted by Gasteiger charge is -2.07. The molecule has 0 aliphatic heterocycles. The number of rotatable bonds is 2. The molecule has 0 aliphatic carbocycles. The van der Waals surface area contributed by atoms with Crippen molar-refractivity contribution in [3.8, 4) is 0 Å². The monoisotopic (exact) mass is 372 g/mol. The van der Waals surface area contributed by atoms with Crippen LogP contribution in [0.1, 0.15) is 10.4 Å². The van der Waals surface area contributed by atoms with E-state index in [9.17, 15) is 9.18 Å². The van der Waals surface area contributed by atoms with E-state index in [1.807, 2.05) is 6.07 Å². The second kappa shape index (κ2) is 5.58. The van der Waals surface area contributed by atoms with Crippen LogP contribution in [-0.2, 0) is 0 Å². The normalized spacial score (nSPS) is 10.2. The number of benzene rings is 1. The zero-order chi connectivity index (χ0) is 13.1. The molecule has 2 aromatic rings. The third-order valence-corrected chi connectivity index (χ3v) is 3.34. The second-order valence-electron chi connectivity index (χ2n) is 3.45. The van der Waals surface area contributed by atoms with Crippen LogP contribution in [0.15, 0.2) is 45.5 Å². The Hall–Kier alpha value is -1.27. The van der Waals surface area contributed by atoms with E-state index in [4.69, 9.17) is 0 Å². The van der Waals surface area contributed by atoms with Crippen molar-refractivity contribution in [3.63, 3.8) is 0 Å². The van der Waals surface area contributed by atoms with Crippen LogP contribution in [0.25, 0.3) is 0 Å². The van der Waals surface area contributed by atoms with Crippen molar-refractivity contribution >= 4 is 43.5 Å². The molecule has 0 radical (unpaired) electrons. The lowest BCUT2D eigenvalue weighted by Crippen LogP contribution is -2.12. The smallest absolute Gasteiger partial charge is 0.256 e. The van der Waals surface area contributed by atoms with Crippen LogP contribution in [0.2, 0.25) is 0 Å². The van der Waals surface area contributed by atoms with Gasteiger partial charge >= 0.3 is 0 Å². The van der Waals surface area contributed by atoms with Crippen LogP contribution in [0, 0.1) is 5.95 Å².